The molecule has 1 saturated heterocycles. The van der Waals surface area contributed by atoms with Gasteiger partial charge in [-0.3, -0.25) is 4.79 Å². The van der Waals surface area contributed by atoms with E-state index >= 15 is 0 Å². The lowest BCUT2D eigenvalue weighted by Gasteiger charge is -2.25. The van der Waals surface area contributed by atoms with Gasteiger partial charge >= 0.3 is 6.03 Å². The molecule has 6 heteroatoms. The molecule has 0 spiro atoms. The first-order chi connectivity index (χ1) is 11.0. The highest BCUT2D eigenvalue weighted by molar-refractivity contribution is 5.94. The second-order valence-corrected chi connectivity index (χ2v) is 5.83. The third kappa shape index (κ3) is 4.37. The van der Waals surface area contributed by atoms with Gasteiger partial charge in [-0.05, 0) is 50.5 Å². The summed E-state index contributed by atoms with van der Waals surface area (Å²) in [4.78, 5) is 26.4. The Morgan fingerprint density at radius 3 is 2.65 bits per heavy atom. The summed E-state index contributed by atoms with van der Waals surface area (Å²) in [5.41, 5.74) is 0.684. The number of amides is 3. The minimum absolute atomic E-state index is 0.0678. The van der Waals surface area contributed by atoms with Crippen LogP contribution in [0.15, 0.2) is 24.3 Å². The SMILES string of the molecule is CC[C@@H](C)NC(=O)[C@H]1CCCN1C(=O)Nc1ccc(OC)cc1. The van der Waals surface area contributed by atoms with Crippen LogP contribution in [0.3, 0.4) is 0 Å². The van der Waals surface area contributed by atoms with Crippen LogP contribution in [0, 0.1) is 0 Å². The predicted octanol–water partition coefficient (Wildman–Crippen LogP) is 2.61. The van der Waals surface area contributed by atoms with Crippen molar-refractivity contribution in [3.8, 4) is 5.75 Å². The van der Waals surface area contributed by atoms with Crippen LogP contribution in [0.25, 0.3) is 0 Å². The molecule has 1 aliphatic heterocycles. The van der Waals surface area contributed by atoms with Crippen molar-refractivity contribution in [1.29, 1.82) is 0 Å². The Balaban J connectivity index is 1.98. The van der Waals surface area contributed by atoms with E-state index < -0.39 is 0 Å². The molecule has 0 saturated carbocycles. The number of nitrogens with zero attached hydrogens (tertiary/aromatic N) is 1. The Morgan fingerprint density at radius 1 is 1.35 bits per heavy atom. The van der Waals surface area contributed by atoms with Crippen LogP contribution in [0.4, 0.5) is 10.5 Å². The molecule has 126 valence electrons. The molecule has 1 aromatic carbocycles. The van der Waals surface area contributed by atoms with Crippen molar-refractivity contribution in [2.75, 3.05) is 19.0 Å². The van der Waals surface area contributed by atoms with Gasteiger partial charge in [0.25, 0.3) is 0 Å². The maximum Gasteiger partial charge on any atom is 0.322 e. The highest BCUT2D eigenvalue weighted by atomic mass is 16.5. The molecular formula is C17H25N3O3. The maximum absolute atomic E-state index is 12.4. The van der Waals surface area contributed by atoms with Crippen LogP contribution in [0.1, 0.15) is 33.1 Å². The van der Waals surface area contributed by atoms with Gasteiger partial charge in [-0.2, -0.15) is 0 Å². The highest BCUT2D eigenvalue weighted by Crippen LogP contribution is 2.20. The summed E-state index contributed by atoms with van der Waals surface area (Å²) in [6.07, 6.45) is 2.42. The topological polar surface area (TPSA) is 70.7 Å². The fourth-order valence-corrected chi connectivity index (χ4v) is 2.59. The Labute approximate surface area is 137 Å². The minimum Gasteiger partial charge on any atom is -0.497 e. The normalized spacial score (nSPS) is 18.4. The lowest BCUT2D eigenvalue weighted by Crippen LogP contribution is -2.49. The van der Waals surface area contributed by atoms with Crippen molar-refractivity contribution in [3.63, 3.8) is 0 Å². The zero-order valence-electron chi connectivity index (χ0n) is 14.0. The van der Waals surface area contributed by atoms with Crippen LogP contribution in [0.5, 0.6) is 5.75 Å². The van der Waals surface area contributed by atoms with E-state index in [1.807, 2.05) is 13.8 Å². The first kappa shape index (κ1) is 17.1. The maximum atomic E-state index is 12.4. The molecule has 0 radical (unpaired) electrons. The first-order valence-electron chi connectivity index (χ1n) is 8.07. The highest BCUT2D eigenvalue weighted by Gasteiger charge is 2.34. The number of carbonyl (C=O) groups excluding carboxylic acids is 2. The Bertz CT molecular complexity index is 545. The molecule has 1 heterocycles. The van der Waals surface area contributed by atoms with Gasteiger partial charge in [0.2, 0.25) is 5.91 Å². The molecule has 1 fully saturated rings. The molecule has 1 aromatic rings. The molecule has 2 N–H and O–H groups in total. The zero-order chi connectivity index (χ0) is 16.8. The summed E-state index contributed by atoms with van der Waals surface area (Å²) in [5, 5.41) is 5.80. The molecule has 0 aromatic heterocycles. The van der Waals surface area contributed by atoms with E-state index in [0.717, 1.165) is 18.6 Å². The standard InChI is InChI=1S/C17H25N3O3/c1-4-12(2)18-16(21)15-6-5-11-20(15)17(22)19-13-7-9-14(23-3)10-8-13/h7-10,12,15H,4-6,11H2,1-3H3,(H,18,21)(H,19,22)/t12-,15-/m1/s1. The number of urea groups is 1. The summed E-state index contributed by atoms with van der Waals surface area (Å²) in [7, 11) is 1.60. The van der Waals surface area contributed by atoms with Crippen molar-refractivity contribution in [1.82, 2.24) is 10.2 Å². The molecule has 0 aliphatic carbocycles. The fraction of sp³-hybridized carbons (Fsp3) is 0.529. The molecule has 1 aliphatic rings. The lowest BCUT2D eigenvalue weighted by molar-refractivity contribution is -0.125. The van der Waals surface area contributed by atoms with Gasteiger partial charge in [-0.25, -0.2) is 4.79 Å². The summed E-state index contributed by atoms with van der Waals surface area (Å²) >= 11 is 0. The van der Waals surface area contributed by atoms with E-state index in [-0.39, 0.29) is 24.0 Å². The van der Waals surface area contributed by atoms with Gasteiger partial charge in [0.05, 0.1) is 7.11 Å². The van der Waals surface area contributed by atoms with Crippen molar-refractivity contribution >= 4 is 17.6 Å². The smallest absolute Gasteiger partial charge is 0.322 e. The Morgan fingerprint density at radius 2 is 2.04 bits per heavy atom. The summed E-state index contributed by atoms with van der Waals surface area (Å²) in [6, 6.07) is 6.62. The average molecular weight is 319 g/mol. The molecule has 23 heavy (non-hydrogen) atoms. The number of carbonyl (C=O) groups is 2. The summed E-state index contributed by atoms with van der Waals surface area (Å²) in [6.45, 7) is 4.59. The zero-order valence-corrected chi connectivity index (χ0v) is 14.0. The molecule has 2 atom stereocenters. The largest absolute Gasteiger partial charge is 0.497 e. The van der Waals surface area contributed by atoms with Crippen molar-refractivity contribution < 1.29 is 14.3 Å². The fourth-order valence-electron chi connectivity index (χ4n) is 2.59. The van der Waals surface area contributed by atoms with Gasteiger partial charge in [0.1, 0.15) is 11.8 Å². The average Bonchev–Trinajstić information content (AvgIpc) is 3.05. The van der Waals surface area contributed by atoms with Crippen LogP contribution in [-0.2, 0) is 4.79 Å². The van der Waals surface area contributed by atoms with Crippen molar-refractivity contribution in [2.24, 2.45) is 0 Å². The lowest BCUT2D eigenvalue weighted by atomic mass is 10.2. The van der Waals surface area contributed by atoms with E-state index in [9.17, 15) is 9.59 Å². The third-order valence-electron chi connectivity index (χ3n) is 4.16. The number of rotatable bonds is 5. The number of benzene rings is 1. The predicted molar refractivity (Wildman–Crippen MR) is 89.6 cm³/mol. The molecule has 2 rings (SSSR count). The monoisotopic (exact) mass is 319 g/mol. The van der Waals surface area contributed by atoms with E-state index in [2.05, 4.69) is 10.6 Å². The first-order valence-corrected chi connectivity index (χ1v) is 8.07. The van der Waals surface area contributed by atoms with E-state index in [1.165, 1.54) is 0 Å². The summed E-state index contributed by atoms with van der Waals surface area (Å²) in [5.74, 6) is 0.664. The van der Waals surface area contributed by atoms with E-state index in [4.69, 9.17) is 4.74 Å². The van der Waals surface area contributed by atoms with Crippen LogP contribution in [-0.4, -0.2) is 42.6 Å². The Kier molecular flexibility index (Phi) is 5.84. The molecule has 6 nitrogen and oxygen atoms in total. The number of methoxy groups -OCH3 is 1. The van der Waals surface area contributed by atoms with Gasteiger partial charge in [-0.15, -0.1) is 0 Å². The third-order valence-corrected chi connectivity index (χ3v) is 4.16. The van der Waals surface area contributed by atoms with Gasteiger partial charge in [0, 0.05) is 18.3 Å². The number of nitrogens with one attached hydrogen (secondary N) is 2. The molecular weight excluding hydrogens is 294 g/mol. The Hall–Kier alpha value is -2.24. The summed E-state index contributed by atoms with van der Waals surface area (Å²) < 4.78 is 5.09. The van der Waals surface area contributed by atoms with E-state index in [0.29, 0.717) is 18.7 Å². The van der Waals surface area contributed by atoms with Crippen LogP contribution in [0.2, 0.25) is 0 Å². The number of ether oxygens (including phenoxy) is 1. The number of hydrogen-bond acceptors (Lipinski definition) is 3. The molecule has 0 bridgehead atoms. The number of likely N-dealkylation sites (tertiary alicyclic amines) is 1. The number of anilines is 1. The van der Waals surface area contributed by atoms with Gasteiger partial charge < -0.3 is 20.3 Å². The van der Waals surface area contributed by atoms with Crippen LogP contribution >= 0.6 is 0 Å². The van der Waals surface area contributed by atoms with E-state index in [1.54, 1.807) is 36.3 Å². The molecule has 3 amide bonds. The second-order valence-electron chi connectivity index (χ2n) is 5.83. The second kappa shape index (κ2) is 7.85. The quantitative estimate of drug-likeness (QED) is 0.876. The van der Waals surface area contributed by atoms with Crippen LogP contribution < -0.4 is 15.4 Å². The van der Waals surface area contributed by atoms with Gasteiger partial charge in [0.15, 0.2) is 0 Å². The minimum atomic E-state index is -0.387. The van der Waals surface area contributed by atoms with Crippen molar-refractivity contribution in [2.45, 2.75) is 45.2 Å². The number of hydrogen-bond donors (Lipinski definition) is 2. The van der Waals surface area contributed by atoms with Crippen molar-refractivity contribution in [3.05, 3.63) is 24.3 Å². The molecule has 0 unspecified atom stereocenters. The van der Waals surface area contributed by atoms with Gasteiger partial charge in [-0.1, -0.05) is 6.92 Å².